The number of nitrogens with two attached hydrogens (primary N) is 1. The quantitative estimate of drug-likeness (QED) is 0.605. The molecule has 0 amide bonds. The molecule has 2 aromatic rings. The van der Waals surface area contributed by atoms with Crippen molar-refractivity contribution >= 4 is 5.69 Å². The maximum atomic E-state index is 5.75. The third-order valence-electron chi connectivity index (χ3n) is 3.79. The van der Waals surface area contributed by atoms with Crippen LogP contribution in [0.25, 0.3) is 0 Å². The number of nitrogens with one attached hydrogen (secondary N) is 1. The fourth-order valence-electron chi connectivity index (χ4n) is 2.52. The van der Waals surface area contributed by atoms with Gasteiger partial charge >= 0.3 is 0 Å². The molecule has 21 heavy (non-hydrogen) atoms. The van der Waals surface area contributed by atoms with E-state index in [0.29, 0.717) is 0 Å². The molecule has 3 nitrogen and oxygen atoms in total. The molecule has 0 fully saturated rings. The summed E-state index contributed by atoms with van der Waals surface area (Å²) in [6, 6.07) is 19.3. The Balaban J connectivity index is 1.95. The Morgan fingerprint density at radius 3 is 2.48 bits per heavy atom. The van der Waals surface area contributed by atoms with E-state index in [1.165, 1.54) is 16.8 Å². The molecule has 0 saturated heterocycles. The van der Waals surface area contributed by atoms with Gasteiger partial charge in [-0.15, -0.1) is 0 Å². The Morgan fingerprint density at radius 2 is 1.81 bits per heavy atom. The number of hydrazine groups is 1. The summed E-state index contributed by atoms with van der Waals surface area (Å²) < 4.78 is 0. The fraction of sp³-hybridized carbons (Fsp3) is 0.333. The lowest BCUT2D eigenvalue weighted by Gasteiger charge is -2.19. The number of benzene rings is 2. The average molecular weight is 283 g/mol. The van der Waals surface area contributed by atoms with Crippen molar-refractivity contribution in [2.24, 2.45) is 5.84 Å². The number of aryl methyl sites for hydroxylation is 1. The molecule has 0 aliphatic heterocycles. The normalized spacial score (nSPS) is 12.1. The smallest absolute Gasteiger partial charge is 0.0460 e. The summed E-state index contributed by atoms with van der Waals surface area (Å²) in [5, 5.41) is 0. The van der Waals surface area contributed by atoms with Gasteiger partial charge in [0, 0.05) is 25.8 Å². The molecule has 0 aromatic heterocycles. The summed E-state index contributed by atoms with van der Waals surface area (Å²) in [5.41, 5.74) is 6.79. The van der Waals surface area contributed by atoms with Crippen molar-refractivity contribution < 1.29 is 0 Å². The molecule has 1 unspecified atom stereocenters. The minimum absolute atomic E-state index is 0.202. The highest BCUT2D eigenvalue weighted by Gasteiger charge is 2.10. The molecule has 0 bridgehead atoms. The molecule has 0 heterocycles. The van der Waals surface area contributed by atoms with Gasteiger partial charge in [0.25, 0.3) is 0 Å². The summed E-state index contributed by atoms with van der Waals surface area (Å²) in [5.74, 6) is 5.75. The van der Waals surface area contributed by atoms with Crippen molar-refractivity contribution in [2.75, 3.05) is 19.0 Å². The van der Waals surface area contributed by atoms with Crippen molar-refractivity contribution in [3.63, 3.8) is 0 Å². The van der Waals surface area contributed by atoms with Crippen LogP contribution in [-0.2, 0) is 6.42 Å². The minimum Gasteiger partial charge on any atom is -0.378 e. The zero-order chi connectivity index (χ0) is 15.1. The molecule has 0 radical (unpaired) electrons. The SMILES string of the molecule is CN(C)c1cccc(C(CCCc2ccccc2)NN)c1. The van der Waals surface area contributed by atoms with E-state index in [9.17, 15) is 0 Å². The zero-order valence-electron chi connectivity index (χ0n) is 12.9. The van der Waals surface area contributed by atoms with Gasteiger partial charge in [-0.25, -0.2) is 0 Å². The van der Waals surface area contributed by atoms with Gasteiger partial charge in [0.05, 0.1) is 0 Å². The molecule has 0 aliphatic rings. The molecular formula is C18H25N3. The van der Waals surface area contributed by atoms with Crippen LogP contribution in [0, 0.1) is 0 Å². The number of anilines is 1. The number of hydrogen-bond donors (Lipinski definition) is 2. The van der Waals surface area contributed by atoms with Crippen LogP contribution in [0.15, 0.2) is 54.6 Å². The average Bonchev–Trinajstić information content (AvgIpc) is 2.52. The summed E-state index contributed by atoms with van der Waals surface area (Å²) in [7, 11) is 4.11. The topological polar surface area (TPSA) is 41.3 Å². The van der Waals surface area contributed by atoms with Gasteiger partial charge in [-0.1, -0.05) is 42.5 Å². The first kappa shape index (κ1) is 15.5. The van der Waals surface area contributed by atoms with Crippen molar-refractivity contribution in [3.05, 3.63) is 65.7 Å². The van der Waals surface area contributed by atoms with Crippen molar-refractivity contribution in [3.8, 4) is 0 Å². The summed E-state index contributed by atoms with van der Waals surface area (Å²) in [4.78, 5) is 2.11. The van der Waals surface area contributed by atoms with Crippen LogP contribution in [0.4, 0.5) is 5.69 Å². The molecule has 2 aromatic carbocycles. The standard InChI is InChI=1S/C18H25N3/c1-21(2)17-12-7-11-16(14-17)18(20-19)13-6-10-15-8-4-3-5-9-15/h3-5,7-9,11-12,14,18,20H,6,10,13,19H2,1-2H3. The van der Waals surface area contributed by atoms with Crippen LogP contribution in [0.1, 0.15) is 30.0 Å². The highest BCUT2D eigenvalue weighted by Crippen LogP contribution is 2.23. The van der Waals surface area contributed by atoms with Gasteiger partial charge in [0.2, 0.25) is 0 Å². The van der Waals surface area contributed by atoms with E-state index in [0.717, 1.165) is 19.3 Å². The summed E-state index contributed by atoms with van der Waals surface area (Å²) >= 11 is 0. The van der Waals surface area contributed by atoms with Crippen LogP contribution in [0.5, 0.6) is 0 Å². The van der Waals surface area contributed by atoms with Crippen LogP contribution in [0.2, 0.25) is 0 Å². The van der Waals surface area contributed by atoms with E-state index in [1.54, 1.807) is 0 Å². The van der Waals surface area contributed by atoms with Gasteiger partial charge < -0.3 is 4.90 Å². The molecule has 0 spiro atoms. The summed E-state index contributed by atoms with van der Waals surface area (Å²) in [6.07, 6.45) is 3.24. The largest absolute Gasteiger partial charge is 0.378 e. The third kappa shape index (κ3) is 4.59. The first-order valence-corrected chi connectivity index (χ1v) is 7.48. The molecule has 3 N–H and O–H groups in total. The van der Waals surface area contributed by atoms with E-state index in [1.807, 2.05) is 0 Å². The second kappa shape index (κ2) is 7.81. The Morgan fingerprint density at radius 1 is 1.05 bits per heavy atom. The van der Waals surface area contributed by atoms with Gasteiger partial charge in [0.15, 0.2) is 0 Å². The first-order valence-electron chi connectivity index (χ1n) is 7.48. The maximum Gasteiger partial charge on any atom is 0.0460 e. The predicted molar refractivity (Wildman–Crippen MR) is 90.2 cm³/mol. The van der Waals surface area contributed by atoms with E-state index in [2.05, 4.69) is 79.0 Å². The van der Waals surface area contributed by atoms with E-state index in [-0.39, 0.29) is 6.04 Å². The van der Waals surface area contributed by atoms with Crippen LogP contribution >= 0.6 is 0 Å². The minimum atomic E-state index is 0.202. The Labute approximate surface area is 127 Å². The first-order chi connectivity index (χ1) is 10.2. The second-order valence-electron chi connectivity index (χ2n) is 5.59. The molecular weight excluding hydrogens is 258 g/mol. The summed E-state index contributed by atoms with van der Waals surface area (Å²) in [6.45, 7) is 0. The zero-order valence-corrected chi connectivity index (χ0v) is 12.9. The number of rotatable bonds is 7. The van der Waals surface area contributed by atoms with Crippen molar-refractivity contribution in [1.29, 1.82) is 0 Å². The van der Waals surface area contributed by atoms with Crippen LogP contribution in [0.3, 0.4) is 0 Å². The Hall–Kier alpha value is -1.84. The number of nitrogens with zero attached hydrogens (tertiary/aromatic N) is 1. The predicted octanol–water partition coefficient (Wildman–Crippen LogP) is 3.28. The Kier molecular flexibility index (Phi) is 5.78. The van der Waals surface area contributed by atoms with Crippen LogP contribution in [-0.4, -0.2) is 14.1 Å². The van der Waals surface area contributed by atoms with E-state index >= 15 is 0 Å². The second-order valence-corrected chi connectivity index (χ2v) is 5.59. The van der Waals surface area contributed by atoms with Crippen LogP contribution < -0.4 is 16.2 Å². The number of hydrogen-bond acceptors (Lipinski definition) is 3. The maximum absolute atomic E-state index is 5.75. The molecule has 112 valence electrons. The van der Waals surface area contributed by atoms with E-state index in [4.69, 9.17) is 5.84 Å². The lowest BCUT2D eigenvalue weighted by Crippen LogP contribution is -2.28. The highest BCUT2D eigenvalue weighted by molar-refractivity contribution is 5.47. The lowest BCUT2D eigenvalue weighted by molar-refractivity contribution is 0.498. The lowest BCUT2D eigenvalue weighted by atomic mass is 9.99. The molecule has 2 rings (SSSR count). The highest BCUT2D eigenvalue weighted by atomic mass is 15.2. The molecule has 1 atom stereocenters. The van der Waals surface area contributed by atoms with Gasteiger partial charge in [-0.2, -0.15) is 0 Å². The molecule has 0 saturated carbocycles. The fourth-order valence-corrected chi connectivity index (χ4v) is 2.52. The van der Waals surface area contributed by atoms with Crippen molar-refractivity contribution in [2.45, 2.75) is 25.3 Å². The van der Waals surface area contributed by atoms with E-state index < -0.39 is 0 Å². The monoisotopic (exact) mass is 283 g/mol. The molecule has 0 aliphatic carbocycles. The molecule has 3 heteroatoms. The van der Waals surface area contributed by atoms with Gasteiger partial charge in [0.1, 0.15) is 0 Å². The van der Waals surface area contributed by atoms with Gasteiger partial charge in [-0.05, 0) is 42.5 Å². The van der Waals surface area contributed by atoms with Gasteiger partial charge in [-0.3, -0.25) is 11.3 Å². The Bertz CT molecular complexity index is 537. The third-order valence-corrected chi connectivity index (χ3v) is 3.79. The van der Waals surface area contributed by atoms with Crippen molar-refractivity contribution in [1.82, 2.24) is 5.43 Å².